The van der Waals surface area contributed by atoms with Gasteiger partial charge in [0, 0.05) is 30.6 Å². The van der Waals surface area contributed by atoms with Gasteiger partial charge in [0.05, 0.1) is 10.5 Å². The number of aliphatic imine (C=N–C) groups is 1. The van der Waals surface area contributed by atoms with Gasteiger partial charge in [-0.15, -0.1) is 0 Å². The number of hydrogen-bond acceptors (Lipinski definition) is 3. The lowest BCUT2D eigenvalue weighted by Crippen LogP contribution is -2.01. The summed E-state index contributed by atoms with van der Waals surface area (Å²) in [6.45, 7) is 3.77. The number of halogens is 2. The van der Waals surface area contributed by atoms with Crippen molar-refractivity contribution < 1.29 is 5.11 Å². The van der Waals surface area contributed by atoms with E-state index in [1.165, 1.54) is 0 Å². The second-order valence-electron chi connectivity index (χ2n) is 6.31. The van der Waals surface area contributed by atoms with E-state index in [-0.39, 0.29) is 0 Å². The molecule has 0 aliphatic carbocycles. The number of hydrogen-bond donors (Lipinski definition) is 1. The van der Waals surface area contributed by atoms with Crippen LogP contribution >= 0.6 is 23.2 Å². The monoisotopic (exact) mass is 410 g/mol. The van der Waals surface area contributed by atoms with E-state index in [0.29, 0.717) is 33.2 Å². The molecule has 1 aromatic heterocycles. The smallest absolute Gasteiger partial charge is 0.134 e. The highest BCUT2D eigenvalue weighted by molar-refractivity contribution is 6.39. The van der Waals surface area contributed by atoms with Crippen LogP contribution in [0.3, 0.4) is 0 Å². The molecule has 3 rings (SSSR count). The zero-order valence-electron chi connectivity index (χ0n) is 15.4. The molecular weight excluding hydrogens is 391 g/mol. The molecule has 2 aromatic carbocycles. The first-order valence-corrected chi connectivity index (χ1v) is 9.55. The number of allylic oxidation sites excluding steroid dienone is 1. The Bertz CT molecular complexity index is 1060. The van der Waals surface area contributed by atoms with Crippen LogP contribution in [0.4, 0.5) is 0 Å². The molecule has 1 unspecified atom stereocenters. The summed E-state index contributed by atoms with van der Waals surface area (Å²) >= 11 is 13.1. The van der Waals surface area contributed by atoms with Gasteiger partial charge in [-0.05, 0) is 34.9 Å². The topological polar surface area (TPSA) is 45.5 Å². The molecule has 142 valence electrons. The standard InChI is InChI=1S/C23H20Cl2N2O/c1-3-16(11-12-26-2)22(28)17-9-10-20-18(14-17)21(24)19(23(25)27-20)13-15-7-5-4-6-8-15/h3-12,14,22,28H,1,13H2,2H3/b16-11+,26-12?. The maximum atomic E-state index is 10.7. The third kappa shape index (κ3) is 4.33. The van der Waals surface area contributed by atoms with E-state index in [1.807, 2.05) is 48.5 Å². The number of aliphatic hydroxyl groups is 1. The summed E-state index contributed by atoms with van der Waals surface area (Å²) in [5.41, 5.74) is 3.89. The van der Waals surface area contributed by atoms with Gasteiger partial charge >= 0.3 is 0 Å². The van der Waals surface area contributed by atoms with Gasteiger partial charge in [0.15, 0.2) is 0 Å². The predicted octanol–water partition coefficient (Wildman–Crippen LogP) is 5.98. The Labute approximate surface area is 174 Å². The van der Waals surface area contributed by atoms with Crippen LogP contribution in [0.2, 0.25) is 10.2 Å². The van der Waals surface area contributed by atoms with Crippen molar-refractivity contribution in [3.63, 3.8) is 0 Å². The van der Waals surface area contributed by atoms with Crippen molar-refractivity contribution in [3.05, 3.63) is 99.7 Å². The van der Waals surface area contributed by atoms with Crippen LogP contribution in [0.1, 0.15) is 22.8 Å². The lowest BCUT2D eigenvalue weighted by molar-refractivity contribution is 0.220. The summed E-state index contributed by atoms with van der Waals surface area (Å²) in [7, 11) is 1.67. The Morgan fingerprint density at radius 3 is 2.64 bits per heavy atom. The molecule has 0 saturated heterocycles. The molecule has 28 heavy (non-hydrogen) atoms. The van der Waals surface area contributed by atoms with Crippen molar-refractivity contribution in [2.45, 2.75) is 12.5 Å². The zero-order chi connectivity index (χ0) is 20.1. The normalized spacial score (nSPS) is 13.2. The molecule has 0 spiro atoms. The number of nitrogens with zero attached hydrogens (tertiary/aromatic N) is 2. The van der Waals surface area contributed by atoms with Crippen LogP contribution in [0.25, 0.3) is 10.9 Å². The van der Waals surface area contributed by atoms with Crippen LogP contribution < -0.4 is 0 Å². The van der Waals surface area contributed by atoms with Gasteiger partial charge in [-0.1, -0.05) is 72.3 Å². The van der Waals surface area contributed by atoms with Gasteiger partial charge in [-0.25, -0.2) is 4.98 Å². The van der Waals surface area contributed by atoms with Gasteiger partial charge in [-0.2, -0.15) is 0 Å². The third-order valence-electron chi connectivity index (χ3n) is 4.50. The number of rotatable bonds is 6. The summed E-state index contributed by atoms with van der Waals surface area (Å²) in [6, 6.07) is 15.4. The minimum Gasteiger partial charge on any atom is -0.384 e. The summed E-state index contributed by atoms with van der Waals surface area (Å²) in [5.74, 6) is 0. The highest BCUT2D eigenvalue weighted by Gasteiger charge is 2.16. The minimum absolute atomic E-state index is 0.389. The third-order valence-corrected chi connectivity index (χ3v) is 5.24. The van der Waals surface area contributed by atoms with Crippen LogP contribution in [0, 0.1) is 0 Å². The number of aliphatic hydroxyl groups excluding tert-OH is 1. The Hall–Kier alpha value is -2.46. The fourth-order valence-electron chi connectivity index (χ4n) is 3.00. The SMILES string of the molecule is C=C/C(=C\C=NC)C(O)c1ccc2nc(Cl)c(Cc3ccccc3)c(Cl)c2c1. The summed E-state index contributed by atoms with van der Waals surface area (Å²) in [6.07, 6.45) is 4.69. The number of aromatic nitrogens is 1. The van der Waals surface area contributed by atoms with Crippen molar-refractivity contribution in [2.75, 3.05) is 7.05 Å². The molecular formula is C23H20Cl2N2O. The Kier molecular flexibility index (Phi) is 6.63. The van der Waals surface area contributed by atoms with Gasteiger partial charge in [0.25, 0.3) is 0 Å². The van der Waals surface area contributed by atoms with Crippen LogP contribution in [0.5, 0.6) is 0 Å². The lowest BCUT2D eigenvalue weighted by atomic mass is 9.98. The van der Waals surface area contributed by atoms with Gasteiger partial charge in [0.1, 0.15) is 11.3 Å². The average molecular weight is 411 g/mol. The Morgan fingerprint density at radius 2 is 1.96 bits per heavy atom. The molecule has 0 bridgehead atoms. The van der Waals surface area contributed by atoms with Crippen LogP contribution in [0.15, 0.2) is 77.8 Å². The molecule has 3 aromatic rings. The maximum Gasteiger partial charge on any atom is 0.134 e. The molecule has 0 amide bonds. The number of pyridine rings is 1. The fraction of sp³-hybridized carbons (Fsp3) is 0.130. The summed E-state index contributed by atoms with van der Waals surface area (Å²) < 4.78 is 0. The van der Waals surface area contributed by atoms with E-state index < -0.39 is 6.10 Å². The molecule has 0 aliphatic rings. The molecule has 1 atom stereocenters. The largest absolute Gasteiger partial charge is 0.384 e. The molecule has 0 aliphatic heterocycles. The fourth-order valence-corrected chi connectivity index (χ4v) is 3.61. The number of benzene rings is 2. The van der Waals surface area contributed by atoms with E-state index >= 15 is 0 Å². The van der Waals surface area contributed by atoms with E-state index in [4.69, 9.17) is 23.2 Å². The second-order valence-corrected chi connectivity index (χ2v) is 7.05. The zero-order valence-corrected chi connectivity index (χ0v) is 17.0. The predicted molar refractivity (Wildman–Crippen MR) is 119 cm³/mol. The number of fused-ring (bicyclic) bond motifs is 1. The molecule has 5 heteroatoms. The van der Waals surface area contributed by atoms with E-state index in [9.17, 15) is 5.11 Å². The molecule has 1 N–H and O–H groups in total. The first-order valence-electron chi connectivity index (χ1n) is 8.79. The van der Waals surface area contributed by atoms with Gasteiger partial charge in [0.2, 0.25) is 0 Å². The van der Waals surface area contributed by atoms with Gasteiger partial charge < -0.3 is 5.11 Å². The van der Waals surface area contributed by atoms with E-state index in [0.717, 1.165) is 16.5 Å². The molecule has 1 heterocycles. The highest BCUT2D eigenvalue weighted by atomic mass is 35.5. The van der Waals surface area contributed by atoms with Crippen molar-refractivity contribution in [2.24, 2.45) is 4.99 Å². The average Bonchev–Trinajstić information content (AvgIpc) is 2.72. The Morgan fingerprint density at radius 1 is 1.21 bits per heavy atom. The minimum atomic E-state index is -0.843. The van der Waals surface area contributed by atoms with E-state index in [2.05, 4.69) is 16.6 Å². The first-order chi connectivity index (χ1) is 13.5. The van der Waals surface area contributed by atoms with Crippen molar-refractivity contribution in [1.82, 2.24) is 4.98 Å². The Balaban J connectivity index is 2.06. The van der Waals surface area contributed by atoms with Crippen molar-refractivity contribution in [3.8, 4) is 0 Å². The summed E-state index contributed by atoms with van der Waals surface area (Å²) in [4.78, 5) is 8.41. The molecule has 0 fully saturated rings. The van der Waals surface area contributed by atoms with Crippen molar-refractivity contribution in [1.29, 1.82) is 0 Å². The quantitative estimate of drug-likeness (QED) is 0.308. The van der Waals surface area contributed by atoms with Gasteiger partial charge in [-0.3, -0.25) is 4.99 Å². The molecule has 3 nitrogen and oxygen atoms in total. The highest BCUT2D eigenvalue weighted by Crippen LogP contribution is 2.34. The van der Waals surface area contributed by atoms with E-state index in [1.54, 1.807) is 25.4 Å². The van der Waals surface area contributed by atoms with Crippen LogP contribution in [-0.4, -0.2) is 23.4 Å². The molecule has 0 saturated carbocycles. The van der Waals surface area contributed by atoms with Crippen LogP contribution in [-0.2, 0) is 6.42 Å². The lowest BCUT2D eigenvalue weighted by Gasteiger charge is -2.15. The van der Waals surface area contributed by atoms with Crippen molar-refractivity contribution >= 4 is 40.3 Å². The maximum absolute atomic E-state index is 10.7. The first kappa shape index (κ1) is 20.3. The second kappa shape index (κ2) is 9.16. The molecule has 0 radical (unpaired) electrons. The summed E-state index contributed by atoms with van der Waals surface area (Å²) in [5, 5.41) is 12.4.